The standard InChI is InChI=1S/C25H28F3N5O2S/c1-14(16-9-17(25(26,27)28)11-18(29)10-16)32-21-19-12-20(36-22(19)31-13-30-21)15-5-7-33(8-6-15)23(34)35-24(2,3)4/h5,9-14H,6-8,29H2,1-4H3,(H,30,31,32)/t14-/m1/s1. The van der Waals surface area contributed by atoms with Crippen molar-refractivity contribution in [1.82, 2.24) is 14.9 Å². The molecule has 4 rings (SSSR count). The van der Waals surface area contributed by atoms with Gasteiger partial charge in [0.05, 0.1) is 17.0 Å². The van der Waals surface area contributed by atoms with E-state index in [1.165, 1.54) is 23.7 Å². The topological polar surface area (TPSA) is 93.4 Å². The largest absolute Gasteiger partial charge is 0.444 e. The van der Waals surface area contributed by atoms with Crippen LogP contribution in [0.3, 0.4) is 0 Å². The summed E-state index contributed by atoms with van der Waals surface area (Å²) in [7, 11) is 0. The summed E-state index contributed by atoms with van der Waals surface area (Å²) in [6.07, 6.45) is -0.719. The third-order valence-electron chi connectivity index (χ3n) is 5.66. The van der Waals surface area contributed by atoms with Gasteiger partial charge >= 0.3 is 12.3 Å². The van der Waals surface area contributed by atoms with Crippen molar-refractivity contribution in [3.05, 3.63) is 52.7 Å². The van der Waals surface area contributed by atoms with Crippen molar-refractivity contribution in [3.63, 3.8) is 0 Å². The maximum Gasteiger partial charge on any atom is 0.416 e. The highest BCUT2D eigenvalue weighted by Crippen LogP contribution is 2.37. The van der Waals surface area contributed by atoms with Crippen LogP contribution in [0.25, 0.3) is 15.8 Å². The molecule has 3 N–H and O–H groups in total. The number of nitrogens with one attached hydrogen (secondary N) is 1. The Labute approximate surface area is 211 Å². The lowest BCUT2D eigenvalue weighted by Gasteiger charge is -2.29. The minimum absolute atomic E-state index is 0.0452. The lowest BCUT2D eigenvalue weighted by atomic mass is 10.0. The second kappa shape index (κ2) is 9.61. The first-order valence-corrected chi connectivity index (χ1v) is 12.3. The van der Waals surface area contributed by atoms with E-state index in [0.29, 0.717) is 30.9 Å². The van der Waals surface area contributed by atoms with Gasteiger partial charge in [-0.05, 0) is 69.5 Å². The number of anilines is 2. The second-order valence-corrected chi connectivity index (χ2v) is 10.7. The molecule has 0 fully saturated rings. The molecule has 3 aromatic rings. The van der Waals surface area contributed by atoms with Gasteiger partial charge in [0.1, 0.15) is 22.6 Å². The van der Waals surface area contributed by atoms with Gasteiger partial charge in [-0.2, -0.15) is 13.2 Å². The third kappa shape index (κ3) is 5.89. The number of ether oxygens (including phenoxy) is 1. The van der Waals surface area contributed by atoms with E-state index in [1.807, 2.05) is 32.9 Å². The Morgan fingerprint density at radius 1 is 1.19 bits per heavy atom. The molecule has 36 heavy (non-hydrogen) atoms. The predicted octanol–water partition coefficient (Wildman–Crippen LogP) is 6.49. The monoisotopic (exact) mass is 519 g/mol. The Hall–Kier alpha value is -3.34. The molecule has 1 aliphatic heterocycles. The Morgan fingerprint density at radius 2 is 1.94 bits per heavy atom. The number of hydrogen-bond acceptors (Lipinski definition) is 7. The number of alkyl halides is 3. The van der Waals surface area contributed by atoms with Crippen LogP contribution >= 0.6 is 11.3 Å². The first-order chi connectivity index (χ1) is 16.8. The quantitative estimate of drug-likeness (QED) is 0.383. The Balaban J connectivity index is 1.54. The molecule has 1 amide bonds. The fraction of sp³-hybridized carbons (Fsp3) is 0.400. The number of hydrogen-bond donors (Lipinski definition) is 2. The van der Waals surface area contributed by atoms with Gasteiger partial charge in [0, 0.05) is 23.7 Å². The van der Waals surface area contributed by atoms with Crippen molar-refractivity contribution >= 4 is 44.7 Å². The van der Waals surface area contributed by atoms with Crippen molar-refractivity contribution in [1.29, 1.82) is 0 Å². The number of carbonyl (C=O) groups excluding carboxylic acids is 1. The summed E-state index contributed by atoms with van der Waals surface area (Å²) in [5.41, 5.74) is 5.94. The molecule has 0 radical (unpaired) electrons. The fourth-order valence-electron chi connectivity index (χ4n) is 3.89. The van der Waals surface area contributed by atoms with Crippen LogP contribution in [0.4, 0.5) is 29.5 Å². The second-order valence-electron chi connectivity index (χ2n) is 9.71. The zero-order chi connectivity index (χ0) is 26.3. The molecule has 192 valence electrons. The number of carbonyl (C=O) groups is 1. The predicted molar refractivity (Wildman–Crippen MR) is 136 cm³/mol. The molecule has 3 heterocycles. The van der Waals surface area contributed by atoms with Crippen LogP contribution in [0.1, 0.15) is 56.2 Å². The molecule has 0 aliphatic carbocycles. The highest BCUT2D eigenvalue weighted by atomic mass is 32.1. The van der Waals surface area contributed by atoms with Crippen molar-refractivity contribution in [3.8, 4) is 0 Å². The van der Waals surface area contributed by atoms with Crippen molar-refractivity contribution in [2.75, 3.05) is 24.1 Å². The number of benzene rings is 1. The summed E-state index contributed by atoms with van der Waals surface area (Å²) >= 11 is 1.51. The molecular weight excluding hydrogens is 491 g/mol. The number of halogens is 3. The molecule has 1 atom stereocenters. The molecular formula is C25H28F3N5O2S. The lowest BCUT2D eigenvalue weighted by molar-refractivity contribution is -0.137. The zero-order valence-electron chi connectivity index (χ0n) is 20.4. The van der Waals surface area contributed by atoms with Crippen molar-refractivity contribution in [2.45, 2.75) is 51.9 Å². The highest BCUT2D eigenvalue weighted by Gasteiger charge is 2.31. The average molecular weight is 520 g/mol. The molecule has 1 aromatic carbocycles. The maximum absolute atomic E-state index is 13.2. The number of nitrogens with two attached hydrogens (primary N) is 1. The van der Waals surface area contributed by atoms with Crippen LogP contribution in [0.2, 0.25) is 0 Å². The Morgan fingerprint density at radius 3 is 2.58 bits per heavy atom. The van der Waals surface area contributed by atoms with E-state index in [-0.39, 0.29) is 11.8 Å². The van der Waals surface area contributed by atoms with E-state index in [2.05, 4.69) is 15.3 Å². The summed E-state index contributed by atoms with van der Waals surface area (Å²) in [4.78, 5) is 24.5. The van der Waals surface area contributed by atoms with Crippen molar-refractivity contribution in [2.24, 2.45) is 0 Å². The van der Waals surface area contributed by atoms with Gasteiger partial charge in [-0.25, -0.2) is 14.8 Å². The first-order valence-electron chi connectivity index (χ1n) is 11.5. The zero-order valence-corrected chi connectivity index (χ0v) is 21.3. The van der Waals surface area contributed by atoms with E-state index < -0.39 is 23.4 Å². The molecule has 0 saturated carbocycles. The van der Waals surface area contributed by atoms with Crippen molar-refractivity contribution < 1.29 is 22.7 Å². The number of amides is 1. The average Bonchev–Trinajstić information content (AvgIpc) is 3.22. The molecule has 0 bridgehead atoms. The van der Waals surface area contributed by atoms with Crippen LogP contribution in [-0.4, -0.2) is 39.7 Å². The Kier molecular flexibility index (Phi) is 6.87. The molecule has 11 heteroatoms. The van der Waals surface area contributed by atoms with E-state index in [4.69, 9.17) is 10.5 Å². The Bertz CT molecular complexity index is 1310. The summed E-state index contributed by atoms with van der Waals surface area (Å²) < 4.78 is 45.2. The summed E-state index contributed by atoms with van der Waals surface area (Å²) in [6.45, 7) is 8.25. The van der Waals surface area contributed by atoms with Crippen LogP contribution < -0.4 is 11.1 Å². The van der Waals surface area contributed by atoms with Crippen LogP contribution in [0.15, 0.2) is 36.7 Å². The summed E-state index contributed by atoms with van der Waals surface area (Å²) in [5, 5.41) is 3.99. The smallest absolute Gasteiger partial charge is 0.416 e. The number of nitrogens with zero attached hydrogens (tertiary/aromatic N) is 3. The van der Waals surface area contributed by atoms with Gasteiger partial charge in [-0.1, -0.05) is 6.08 Å². The molecule has 7 nitrogen and oxygen atoms in total. The minimum Gasteiger partial charge on any atom is -0.444 e. The summed E-state index contributed by atoms with van der Waals surface area (Å²) in [5.74, 6) is 0.526. The molecule has 2 aromatic heterocycles. The molecule has 0 spiro atoms. The van der Waals surface area contributed by atoms with E-state index in [1.54, 1.807) is 11.8 Å². The van der Waals surface area contributed by atoms with Gasteiger partial charge < -0.3 is 20.7 Å². The first kappa shape index (κ1) is 25.7. The van der Waals surface area contributed by atoms with E-state index in [0.717, 1.165) is 32.8 Å². The number of nitrogen functional groups attached to an aromatic ring is 1. The van der Waals surface area contributed by atoms with Gasteiger partial charge in [-0.15, -0.1) is 11.3 Å². The maximum atomic E-state index is 13.2. The number of thiophene rings is 1. The third-order valence-corrected chi connectivity index (χ3v) is 6.78. The normalized spacial score (nSPS) is 15.5. The molecule has 1 aliphatic rings. The van der Waals surface area contributed by atoms with Crippen LogP contribution in [-0.2, 0) is 10.9 Å². The number of rotatable bonds is 4. The number of fused-ring (bicyclic) bond motifs is 1. The van der Waals surface area contributed by atoms with Crippen LogP contribution in [0, 0.1) is 0 Å². The number of aromatic nitrogens is 2. The van der Waals surface area contributed by atoms with E-state index in [9.17, 15) is 18.0 Å². The lowest BCUT2D eigenvalue weighted by Crippen LogP contribution is -2.39. The highest BCUT2D eigenvalue weighted by molar-refractivity contribution is 7.19. The van der Waals surface area contributed by atoms with Gasteiger partial charge in [0.25, 0.3) is 0 Å². The molecule has 0 unspecified atom stereocenters. The summed E-state index contributed by atoms with van der Waals surface area (Å²) in [6, 6.07) is 5.03. The van der Waals surface area contributed by atoms with Gasteiger partial charge in [0.15, 0.2) is 0 Å². The molecule has 0 saturated heterocycles. The fourth-order valence-corrected chi connectivity index (χ4v) is 4.96. The van der Waals surface area contributed by atoms with Crippen LogP contribution in [0.5, 0.6) is 0 Å². The van der Waals surface area contributed by atoms with E-state index >= 15 is 0 Å². The van der Waals surface area contributed by atoms with Gasteiger partial charge in [0.2, 0.25) is 0 Å². The SMILES string of the molecule is C[C@@H](Nc1ncnc2sc(C3=CCN(C(=O)OC(C)(C)C)CC3)cc12)c1cc(N)cc(C(F)(F)F)c1. The van der Waals surface area contributed by atoms with Gasteiger partial charge in [-0.3, -0.25) is 0 Å². The minimum atomic E-state index is -4.49.